The number of methoxy groups -OCH3 is 1. The van der Waals surface area contributed by atoms with Gasteiger partial charge in [-0.05, 0) is 61.4 Å². The van der Waals surface area contributed by atoms with E-state index in [9.17, 15) is 18.0 Å². The molecule has 2 amide bonds. The Balaban J connectivity index is 1.83. The lowest BCUT2D eigenvalue weighted by molar-refractivity contribution is -0.140. The average molecular weight is 669 g/mol. The van der Waals surface area contributed by atoms with Crippen molar-refractivity contribution in [1.29, 1.82) is 0 Å². The van der Waals surface area contributed by atoms with Gasteiger partial charge in [0.15, 0.2) is 0 Å². The quantitative estimate of drug-likeness (QED) is 0.181. The number of amides is 2. The van der Waals surface area contributed by atoms with E-state index < -0.39 is 28.5 Å². The van der Waals surface area contributed by atoms with E-state index in [-0.39, 0.29) is 40.2 Å². The molecule has 0 bridgehead atoms. The van der Waals surface area contributed by atoms with Gasteiger partial charge in [0.1, 0.15) is 18.3 Å². The Morgan fingerprint density at radius 2 is 1.53 bits per heavy atom. The molecule has 0 aliphatic heterocycles. The second-order valence-electron chi connectivity index (χ2n) is 10.4. The number of ether oxygens (including phenoxy) is 1. The smallest absolute Gasteiger partial charge is 0.264 e. The summed E-state index contributed by atoms with van der Waals surface area (Å²) >= 11 is 12.5. The van der Waals surface area contributed by atoms with Crippen molar-refractivity contribution < 1.29 is 22.7 Å². The summed E-state index contributed by atoms with van der Waals surface area (Å²) in [5.74, 6) is -0.712. The average Bonchev–Trinajstić information content (AvgIpc) is 3.03. The minimum absolute atomic E-state index is 0.00685. The molecule has 0 aliphatic rings. The maximum absolute atomic E-state index is 14.5. The van der Waals surface area contributed by atoms with Gasteiger partial charge in [0.25, 0.3) is 10.0 Å². The molecule has 0 aliphatic carbocycles. The third kappa shape index (κ3) is 8.36. The number of likely N-dealkylation sites (N-methyl/N-ethyl adjacent to an activating group) is 1. The van der Waals surface area contributed by atoms with E-state index in [1.807, 2.05) is 37.3 Å². The number of para-hydroxylation sites is 2. The zero-order valence-electron chi connectivity index (χ0n) is 25.2. The summed E-state index contributed by atoms with van der Waals surface area (Å²) < 4.78 is 34.9. The Morgan fingerprint density at radius 1 is 0.867 bits per heavy atom. The molecular formula is C34H35Cl2N3O5S. The van der Waals surface area contributed by atoms with E-state index in [0.717, 1.165) is 15.4 Å². The summed E-state index contributed by atoms with van der Waals surface area (Å²) in [6, 6.07) is 26.3. The summed E-state index contributed by atoms with van der Waals surface area (Å²) in [5.41, 5.74) is 2.51. The van der Waals surface area contributed by atoms with Crippen molar-refractivity contribution in [3.8, 4) is 5.75 Å². The van der Waals surface area contributed by atoms with Gasteiger partial charge in [-0.1, -0.05) is 89.4 Å². The predicted molar refractivity (Wildman–Crippen MR) is 178 cm³/mol. The van der Waals surface area contributed by atoms with Crippen LogP contribution in [0, 0.1) is 6.92 Å². The molecule has 4 aromatic carbocycles. The van der Waals surface area contributed by atoms with Crippen LogP contribution in [0.2, 0.25) is 10.0 Å². The number of aryl methyl sites for hydroxylation is 1. The van der Waals surface area contributed by atoms with Gasteiger partial charge < -0.3 is 15.0 Å². The van der Waals surface area contributed by atoms with Crippen molar-refractivity contribution in [2.24, 2.45) is 0 Å². The fourth-order valence-electron chi connectivity index (χ4n) is 4.87. The van der Waals surface area contributed by atoms with Gasteiger partial charge in [-0.15, -0.1) is 0 Å². The maximum Gasteiger partial charge on any atom is 0.264 e. The monoisotopic (exact) mass is 667 g/mol. The first kappa shape index (κ1) is 33.8. The predicted octanol–water partition coefficient (Wildman–Crippen LogP) is 6.28. The van der Waals surface area contributed by atoms with Gasteiger partial charge in [0.05, 0.1) is 27.7 Å². The van der Waals surface area contributed by atoms with Gasteiger partial charge in [-0.2, -0.15) is 0 Å². The second kappa shape index (κ2) is 15.3. The number of sulfonamides is 1. The van der Waals surface area contributed by atoms with Gasteiger partial charge in [-0.3, -0.25) is 13.9 Å². The molecule has 8 nitrogen and oxygen atoms in total. The molecule has 1 N–H and O–H groups in total. The molecule has 236 valence electrons. The summed E-state index contributed by atoms with van der Waals surface area (Å²) in [6.45, 7) is 3.35. The number of carbonyl (C=O) groups is 2. The van der Waals surface area contributed by atoms with Crippen molar-refractivity contribution >= 4 is 50.7 Å². The zero-order valence-corrected chi connectivity index (χ0v) is 27.6. The standard InChI is InChI=1S/C34H35Cl2N3O5S/c1-4-37-34(41)31(21-25-10-6-5-7-11-25)38(22-26-16-19-28(35)29(36)20-26)33(40)23-39(30-12-8-9-13-32(30)44-3)45(42,43)27-17-14-24(2)15-18-27/h5-20,31H,4,21-23H2,1-3H3,(H,37,41)/t31-/m1/s1. The third-order valence-electron chi connectivity index (χ3n) is 7.20. The molecule has 0 spiro atoms. The Bertz CT molecular complexity index is 1730. The highest BCUT2D eigenvalue weighted by Crippen LogP contribution is 2.33. The Kier molecular flexibility index (Phi) is 11.5. The third-order valence-corrected chi connectivity index (χ3v) is 9.71. The van der Waals surface area contributed by atoms with Crippen LogP contribution in [-0.2, 0) is 32.6 Å². The minimum atomic E-state index is -4.27. The highest BCUT2D eigenvalue weighted by Gasteiger charge is 2.35. The second-order valence-corrected chi connectivity index (χ2v) is 13.0. The molecule has 4 rings (SSSR count). The van der Waals surface area contributed by atoms with Crippen LogP contribution in [0.25, 0.3) is 0 Å². The molecule has 0 saturated heterocycles. The Morgan fingerprint density at radius 3 is 2.18 bits per heavy atom. The summed E-state index contributed by atoms with van der Waals surface area (Å²) in [7, 11) is -2.84. The molecular weight excluding hydrogens is 633 g/mol. The fraction of sp³-hybridized carbons (Fsp3) is 0.235. The van der Waals surface area contributed by atoms with E-state index in [1.165, 1.54) is 24.1 Å². The Labute approximate surface area is 274 Å². The van der Waals surface area contributed by atoms with Crippen molar-refractivity contribution in [2.45, 2.75) is 37.8 Å². The van der Waals surface area contributed by atoms with Crippen LogP contribution >= 0.6 is 23.2 Å². The number of nitrogens with one attached hydrogen (secondary N) is 1. The fourth-order valence-corrected chi connectivity index (χ4v) is 6.61. The van der Waals surface area contributed by atoms with Crippen molar-refractivity contribution in [3.63, 3.8) is 0 Å². The molecule has 0 saturated carbocycles. The van der Waals surface area contributed by atoms with Gasteiger partial charge >= 0.3 is 0 Å². The molecule has 4 aromatic rings. The number of hydrogen-bond acceptors (Lipinski definition) is 5. The van der Waals surface area contributed by atoms with Gasteiger partial charge in [0.2, 0.25) is 11.8 Å². The van der Waals surface area contributed by atoms with Gasteiger partial charge in [0, 0.05) is 19.5 Å². The van der Waals surface area contributed by atoms with Crippen LogP contribution in [0.1, 0.15) is 23.6 Å². The van der Waals surface area contributed by atoms with Crippen LogP contribution in [0.3, 0.4) is 0 Å². The normalized spacial score (nSPS) is 11.8. The Hall–Kier alpha value is -4.05. The number of halogens is 2. The van der Waals surface area contributed by atoms with E-state index >= 15 is 0 Å². The lowest BCUT2D eigenvalue weighted by Crippen LogP contribution is -2.53. The van der Waals surface area contributed by atoms with Crippen molar-refractivity contribution in [2.75, 3.05) is 24.5 Å². The molecule has 11 heteroatoms. The molecule has 0 aromatic heterocycles. The number of nitrogens with zero attached hydrogens (tertiary/aromatic N) is 2. The molecule has 0 unspecified atom stereocenters. The first-order chi connectivity index (χ1) is 21.5. The number of rotatable bonds is 13. The first-order valence-electron chi connectivity index (χ1n) is 14.3. The van der Waals surface area contributed by atoms with Crippen molar-refractivity contribution in [1.82, 2.24) is 10.2 Å². The molecule has 1 atom stereocenters. The molecule has 0 heterocycles. The highest BCUT2D eigenvalue weighted by atomic mass is 35.5. The molecule has 45 heavy (non-hydrogen) atoms. The van der Waals surface area contributed by atoms with E-state index in [0.29, 0.717) is 17.1 Å². The lowest BCUT2D eigenvalue weighted by Gasteiger charge is -2.34. The molecule has 0 radical (unpaired) electrons. The highest BCUT2D eigenvalue weighted by molar-refractivity contribution is 7.92. The SMILES string of the molecule is CCNC(=O)[C@@H](Cc1ccccc1)N(Cc1ccc(Cl)c(Cl)c1)C(=O)CN(c1ccccc1OC)S(=O)(=O)c1ccc(C)cc1. The van der Waals surface area contributed by atoms with E-state index in [4.69, 9.17) is 27.9 Å². The topological polar surface area (TPSA) is 96.0 Å². The van der Waals surface area contributed by atoms with Crippen LogP contribution in [0.4, 0.5) is 5.69 Å². The maximum atomic E-state index is 14.5. The first-order valence-corrected chi connectivity index (χ1v) is 16.5. The summed E-state index contributed by atoms with van der Waals surface area (Å²) in [5, 5.41) is 3.47. The largest absolute Gasteiger partial charge is 0.495 e. The summed E-state index contributed by atoms with van der Waals surface area (Å²) in [4.78, 5) is 29.5. The van der Waals surface area contributed by atoms with Crippen LogP contribution < -0.4 is 14.4 Å². The summed E-state index contributed by atoms with van der Waals surface area (Å²) in [6.07, 6.45) is 0.194. The van der Waals surface area contributed by atoms with Gasteiger partial charge in [-0.25, -0.2) is 8.42 Å². The number of benzene rings is 4. The molecule has 0 fully saturated rings. The number of hydrogen-bond donors (Lipinski definition) is 1. The number of anilines is 1. The van der Waals surface area contributed by atoms with E-state index in [1.54, 1.807) is 61.5 Å². The van der Waals surface area contributed by atoms with E-state index in [2.05, 4.69) is 5.32 Å². The minimum Gasteiger partial charge on any atom is -0.495 e. The lowest BCUT2D eigenvalue weighted by atomic mass is 10.0. The van der Waals surface area contributed by atoms with Crippen LogP contribution in [-0.4, -0.2) is 51.4 Å². The van der Waals surface area contributed by atoms with Crippen LogP contribution in [0.5, 0.6) is 5.75 Å². The van der Waals surface area contributed by atoms with Crippen molar-refractivity contribution in [3.05, 3.63) is 124 Å². The van der Waals surface area contributed by atoms with Crippen LogP contribution in [0.15, 0.2) is 102 Å². The number of carbonyl (C=O) groups excluding carboxylic acids is 2. The zero-order chi connectivity index (χ0) is 32.6.